The van der Waals surface area contributed by atoms with Gasteiger partial charge in [-0.15, -0.1) is 0 Å². The molecule has 1 atom stereocenters. The zero-order valence-electron chi connectivity index (χ0n) is 12.9. The number of methoxy groups -OCH3 is 1. The highest BCUT2D eigenvalue weighted by Gasteiger charge is 2.14. The van der Waals surface area contributed by atoms with Crippen LogP contribution in [-0.2, 0) is 6.54 Å². The minimum atomic E-state index is -0.0819. The number of rotatable bonds is 6. The first kappa shape index (κ1) is 15.5. The molecule has 1 aromatic carbocycles. The second kappa shape index (κ2) is 7.20. The van der Waals surface area contributed by atoms with Gasteiger partial charge in [-0.25, -0.2) is 0 Å². The van der Waals surface area contributed by atoms with Crippen LogP contribution in [0.5, 0.6) is 5.75 Å². The molecule has 2 aromatic rings. The molecule has 4 heteroatoms. The van der Waals surface area contributed by atoms with Gasteiger partial charge in [-0.05, 0) is 31.7 Å². The van der Waals surface area contributed by atoms with E-state index in [1.165, 1.54) is 11.1 Å². The summed E-state index contributed by atoms with van der Waals surface area (Å²) in [7, 11) is 3.75. The van der Waals surface area contributed by atoms with Gasteiger partial charge < -0.3 is 15.4 Å². The summed E-state index contributed by atoms with van der Waals surface area (Å²) in [6.07, 6.45) is 3.67. The van der Waals surface area contributed by atoms with Gasteiger partial charge in [0.05, 0.1) is 7.11 Å². The molecule has 0 amide bonds. The van der Waals surface area contributed by atoms with E-state index in [2.05, 4.69) is 36.0 Å². The van der Waals surface area contributed by atoms with E-state index in [1.807, 2.05) is 24.4 Å². The van der Waals surface area contributed by atoms with Crippen molar-refractivity contribution < 1.29 is 4.74 Å². The van der Waals surface area contributed by atoms with Crippen LogP contribution in [0.3, 0.4) is 0 Å². The summed E-state index contributed by atoms with van der Waals surface area (Å²) < 4.78 is 5.41. The first-order valence-electron chi connectivity index (χ1n) is 7.07. The van der Waals surface area contributed by atoms with Crippen LogP contribution in [-0.4, -0.2) is 30.6 Å². The van der Waals surface area contributed by atoms with Crippen LogP contribution in [0.25, 0.3) is 0 Å². The normalized spacial score (nSPS) is 12.4. The fourth-order valence-electron chi connectivity index (χ4n) is 2.45. The van der Waals surface area contributed by atoms with Crippen molar-refractivity contribution in [1.82, 2.24) is 9.88 Å². The Balaban J connectivity index is 2.03. The lowest BCUT2D eigenvalue weighted by Gasteiger charge is -2.23. The second-order valence-electron chi connectivity index (χ2n) is 5.41. The van der Waals surface area contributed by atoms with E-state index in [0.717, 1.165) is 24.4 Å². The van der Waals surface area contributed by atoms with Gasteiger partial charge in [0, 0.05) is 37.1 Å². The van der Waals surface area contributed by atoms with Gasteiger partial charge in [0.1, 0.15) is 5.75 Å². The predicted octanol–water partition coefficient (Wildman–Crippen LogP) is 2.53. The Morgan fingerprint density at radius 2 is 2.14 bits per heavy atom. The monoisotopic (exact) mass is 285 g/mol. The molecule has 1 heterocycles. The van der Waals surface area contributed by atoms with Crippen molar-refractivity contribution in [2.24, 2.45) is 5.73 Å². The van der Waals surface area contributed by atoms with E-state index < -0.39 is 0 Å². The average Bonchev–Trinajstić information content (AvgIpc) is 2.48. The largest absolute Gasteiger partial charge is 0.496 e. The van der Waals surface area contributed by atoms with Crippen molar-refractivity contribution in [3.63, 3.8) is 0 Å². The molecule has 2 N–H and O–H groups in total. The Labute approximate surface area is 126 Å². The number of hydrogen-bond acceptors (Lipinski definition) is 4. The molecule has 0 saturated heterocycles. The minimum absolute atomic E-state index is 0.0819. The summed E-state index contributed by atoms with van der Waals surface area (Å²) in [6.45, 7) is 3.65. The first-order valence-corrected chi connectivity index (χ1v) is 7.07. The maximum Gasteiger partial charge on any atom is 0.123 e. The molecule has 2 rings (SSSR count). The van der Waals surface area contributed by atoms with E-state index in [4.69, 9.17) is 10.5 Å². The minimum Gasteiger partial charge on any atom is -0.496 e. The molecule has 21 heavy (non-hydrogen) atoms. The van der Waals surface area contributed by atoms with Crippen LogP contribution < -0.4 is 10.5 Å². The van der Waals surface area contributed by atoms with Crippen LogP contribution >= 0.6 is 0 Å². The summed E-state index contributed by atoms with van der Waals surface area (Å²) in [6, 6.07) is 10.1. The number of hydrogen-bond donors (Lipinski definition) is 1. The zero-order chi connectivity index (χ0) is 15.2. The molecule has 0 saturated carbocycles. The number of ether oxygens (including phenoxy) is 1. The molecule has 0 radical (unpaired) electrons. The van der Waals surface area contributed by atoms with Crippen LogP contribution in [0.2, 0.25) is 0 Å². The maximum atomic E-state index is 6.36. The highest BCUT2D eigenvalue weighted by molar-refractivity contribution is 5.39. The fraction of sp³-hybridized carbons (Fsp3) is 0.353. The standard InChI is InChI=1S/C17H23N3O/c1-13-6-7-17(21-3)15(9-13)16(18)12-20(2)11-14-5-4-8-19-10-14/h4-10,16H,11-12,18H2,1-3H3. The summed E-state index contributed by atoms with van der Waals surface area (Å²) in [5.41, 5.74) is 9.78. The Bertz CT molecular complexity index is 572. The summed E-state index contributed by atoms with van der Waals surface area (Å²) in [5.74, 6) is 0.850. The van der Waals surface area contributed by atoms with E-state index in [-0.39, 0.29) is 6.04 Å². The fourth-order valence-corrected chi connectivity index (χ4v) is 2.45. The number of nitrogens with two attached hydrogens (primary N) is 1. The highest BCUT2D eigenvalue weighted by Crippen LogP contribution is 2.25. The molecular formula is C17H23N3O. The lowest BCUT2D eigenvalue weighted by Crippen LogP contribution is -2.29. The number of benzene rings is 1. The Morgan fingerprint density at radius 3 is 2.81 bits per heavy atom. The number of aromatic nitrogens is 1. The van der Waals surface area contributed by atoms with Gasteiger partial charge in [0.15, 0.2) is 0 Å². The molecule has 0 spiro atoms. The Hall–Kier alpha value is -1.91. The van der Waals surface area contributed by atoms with Crippen molar-refractivity contribution >= 4 is 0 Å². The van der Waals surface area contributed by atoms with Crippen LogP contribution in [0, 0.1) is 6.92 Å². The van der Waals surface area contributed by atoms with Crippen molar-refractivity contribution in [2.75, 3.05) is 20.7 Å². The highest BCUT2D eigenvalue weighted by atomic mass is 16.5. The topological polar surface area (TPSA) is 51.4 Å². The van der Waals surface area contributed by atoms with Crippen LogP contribution in [0.4, 0.5) is 0 Å². The number of nitrogens with zero attached hydrogens (tertiary/aromatic N) is 2. The number of likely N-dealkylation sites (N-methyl/N-ethyl adjacent to an activating group) is 1. The van der Waals surface area contributed by atoms with E-state index >= 15 is 0 Å². The summed E-state index contributed by atoms with van der Waals surface area (Å²) >= 11 is 0. The molecule has 1 aromatic heterocycles. The Kier molecular flexibility index (Phi) is 5.31. The van der Waals surface area contributed by atoms with Gasteiger partial charge in [-0.1, -0.05) is 23.8 Å². The summed E-state index contributed by atoms with van der Waals surface area (Å²) in [5, 5.41) is 0. The molecule has 0 aliphatic carbocycles. The van der Waals surface area contributed by atoms with E-state index in [1.54, 1.807) is 13.3 Å². The zero-order valence-corrected chi connectivity index (χ0v) is 12.9. The molecule has 0 aliphatic heterocycles. The Morgan fingerprint density at radius 1 is 1.33 bits per heavy atom. The van der Waals surface area contributed by atoms with Crippen LogP contribution in [0.15, 0.2) is 42.7 Å². The van der Waals surface area contributed by atoms with Crippen LogP contribution in [0.1, 0.15) is 22.7 Å². The summed E-state index contributed by atoms with van der Waals surface area (Å²) in [4.78, 5) is 6.33. The smallest absolute Gasteiger partial charge is 0.123 e. The van der Waals surface area contributed by atoms with Gasteiger partial charge in [-0.3, -0.25) is 4.98 Å². The predicted molar refractivity (Wildman–Crippen MR) is 85.2 cm³/mol. The maximum absolute atomic E-state index is 6.36. The van der Waals surface area contributed by atoms with Gasteiger partial charge in [0.25, 0.3) is 0 Å². The molecule has 1 unspecified atom stereocenters. The third-order valence-electron chi connectivity index (χ3n) is 3.47. The molecule has 4 nitrogen and oxygen atoms in total. The molecule has 0 bridgehead atoms. The van der Waals surface area contributed by atoms with E-state index in [9.17, 15) is 0 Å². The quantitative estimate of drug-likeness (QED) is 0.886. The van der Waals surface area contributed by atoms with Crippen molar-refractivity contribution in [2.45, 2.75) is 19.5 Å². The lowest BCUT2D eigenvalue weighted by molar-refractivity contribution is 0.301. The molecule has 0 aliphatic rings. The molecular weight excluding hydrogens is 262 g/mol. The van der Waals surface area contributed by atoms with Gasteiger partial charge in [0.2, 0.25) is 0 Å². The average molecular weight is 285 g/mol. The van der Waals surface area contributed by atoms with Gasteiger partial charge in [-0.2, -0.15) is 0 Å². The van der Waals surface area contributed by atoms with Crippen molar-refractivity contribution in [3.05, 3.63) is 59.4 Å². The number of pyridine rings is 1. The van der Waals surface area contributed by atoms with Crippen molar-refractivity contribution in [3.8, 4) is 5.75 Å². The van der Waals surface area contributed by atoms with Gasteiger partial charge >= 0.3 is 0 Å². The van der Waals surface area contributed by atoms with Crippen molar-refractivity contribution in [1.29, 1.82) is 0 Å². The van der Waals surface area contributed by atoms with E-state index in [0.29, 0.717) is 0 Å². The second-order valence-corrected chi connectivity index (χ2v) is 5.41. The molecule has 0 fully saturated rings. The third kappa shape index (κ3) is 4.28. The molecule has 112 valence electrons. The lowest BCUT2D eigenvalue weighted by atomic mass is 10.0. The third-order valence-corrected chi connectivity index (χ3v) is 3.47. The SMILES string of the molecule is COc1ccc(C)cc1C(N)CN(C)Cc1cccnc1. The first-order chi connectivity index (χ1) is 10.1. The number of aryl methyl sites for hydroxylation is 1.